The number of nitrogens with zero attached hydrogens (tertiary/aromatic N) is 4. The van der Waals surface area contributed by atoms with E-state index in [1.807, 2.05) is 29.2 Å². The molecule has 1 amide bonds. The van der Waals surface area contributed by atoms with E-state index in [2.05, 4.69) is 30.8 Å². The van der Waals surface area contributed by atoms with Gasteiger partial charge in [-0.05, 0) is 52.7 Å². The van der Waals surface area contributed by atoms with Crippen LogP contribution < -0.4 is 4.90 Å². The third kappa shape index (κ3) is 4.94. The second-order valence-electron chi connectivity index (χ2n) is 7.21. The van der Waals surface area contributed by atoms with Crippen molar-refractivity contribution in [1.29, 1.82) is 0 Å². The molecule has 8 heteroatoms. The number of benzene rings is 1. The summed E-state index contributed by atoms with van der Waals surface area (Å²) in [5.41, 5.74) is 1.36. The van der Waals surface area contributed by atoms with Gasteiger partial charge in [-0.25, -0.2) is 4.98 Å². The summed E-state index contributed by atoms with van der Waals surface area (Å²) < 4.78 is 0.741. The summed E-state index contributed by atoms with van der Waals surface area (Å²) in [4.78, 5) is 38.3. The van der Waals surface area contributed by atoms with Crippen molar-refractivity contribution >= 4 is 45.0 Å². The lowest BCUT2D eigenvalue weighted by molar-refractivity contribution is 0.0767. The highest BCUT2D eigenvalue weighted by molar-refractivity contribution is 9.10. The summed E-state index contributed by atoms with van der Waals surface area (Å²) in [7, 11) is 0. The van der Waals surface area contributed by atoms with Gasteiger partial charge in [0, 0.05) is 48.6 Å². The van der Waals surface area contributed by atoms with Crippen LogP contribution in [0.25, 0.3) is 0 Å². The van der Waals surface area contributed by atoms with Crippen LogP contribution in [0.15, 0.2) is 65.4 Å². The maximum Gasteiger partial charge on any atom is 0.255 e. The Balaban J connectivity index is 1.48. The molecule has 1 saturated heterocycles. The van der Waals surface area contributed by atoms with E-state index in [0.717, 1.165) is 23.3 Å². The van der Waals surface area contributed by atoms with E-state index >= 15 is 0 Å². The smallest absolute Gasteiger partial charge is 0.255 e. The third-order valence-corrected chi connectivity index (χ3v) is 5.91. The number of pyridine rings is 2. The molecule has 158 valence electrons. The number of carbonyl (C=O) groups excluding carboxylic acids is 2. The lowest BCUT2D eigenvalue weighted by atomic mass is 10.1. The fourth-order valence-corrected chi connectivity index (χ4v) is 4.15. The summed E-state index contributed by atoms with van der Waals surface area (Å²) in [6.45, 7) is 2.57. The highest BCUT2D eigenvalue weighted by Gasteiger charge is 2.23. The highest BCUT2D eigenvalue weighted by atomic mass is 79.9. The Morgan fingerprint density at radius 3 is 2.61 bits per heavy atom. The third-order valence-electron chi connectivity index (χ3n) is 5.15. The van der Waals surface area contributed by atoms with Gasteiger partial charge in [0.25, 0.3) is 5.91 Å². The van der Waals surface area contributed by atoms with Gasteiger partial charge in [-0.2, -0.15) is 0 Å². The van der Waals surface area contributed by atoms with Gasteiger partial charge in [-0.3, -0.25) is 14.6 Å². The minimum atomic E-state index is -0.180. The first-order chi connectivity index (χ1) is 15.0. The van der Waals surface area contributed by atoms with Gasteiger partial charge in [0.2, 0.25) is 5.78 Å². The number of rotatable bonds is 4. The number of hydrogen-bond acceptors (Lipinski definition) is 5. The van der Waals surface area contributed by atoms with E-state index in [1.165, 1.54) is 6.20 Å². The predicted molar refractivity (Wildman–Crippen MR) is 124 cm³/mol. The van der Waals surface area contributed by atoms with Crippen LogP contribution in [0.4, 0.5) is 5.82 Å². The molecule has 3 aromatic rings. The summed E-state index contributed by atoms with van der Waals surface area (Å²) in [6, 6.07) is 14.3. The molecule has 0 atom stereocenters. The second-order valence-corrected chi connectivity index (χ2v) is 8.54. The number of carbonyl (C=O) groups is 2. The number of ketones is 1. The number of anilines is 1. The Hall–Kier alpha value is -2.77. The standard InChI is InChI=1S/C23H20BrClN4O2/c24-17-13-16(14-26-15-17)22(30)20-7-3-8-21(27-20)28-9-4-10-29(12-11-28)23(31)18-5-1-2-6-19(18)25/h1-3,5-8,13-15H,4,9-12H2. The van der Waals surface area contributed by atoms with E-state index in [-0.39, 0.29) is 11.7 Å². The van der Waals surface area contributed by atoms with Crippen molar-refractivity contribution < 1.29 is 9.59 Å². The van der Waals surface area contributed by atoms with Gasteiger partial charge < -0.3 is 9.80 Å². The van der Waals surface area contributed by atoms with E-state index in [4.69, 9.17) is 11.6 Å². The van der Waals surface area contributed by atoms with Crippen molar-refractivity contribution in [1.82, 2.24) is 14.9 Å². The van der Waals surface area contributed by atoms with Gasteiger partial charge in [0.15, 0.2) is 0 Å². The van der Waals surface area contributed by atoms with Crippen LogP contribution in [0.5, 0.6) is 0 Å². The Bertz CT molecular complexity index is 1120. The zero-order valence-corrected chi connectivity index (χ0v) is 19.0. The first-order valence-electron chi connectivity index (χ1n) is 9.94. The van der Waals surface area contributed by atoms with Crippen LogP contribution in [-0.2, 0) is 0 Å². The number of halogens is 2. The van der Waals surface area contributed by atoms with Crippen LogP contribution in [0.3, 0.4) is 0 Å². The molecule has 0 bridgehead atoms. The summed E-state index contributed by atoms with van der Waals surface area (Å²) in [5.74, 6) is 0.480. The molecule has 0 aliphatic carbocycles. The van der Waals surface area contributed by atoms with Gasteiger partial charge in [0.1, 0.15) is 11.5 Å². The summed E-state index contributed by atoms with van der Waals surface area (Å²) in [6.07, 6.45) is 3.96. The van der Waals surface area contributed by atoms with Gasteiger partial charge in [-0.15, -0.1) is 0 Å². The Kier molecular flexibility index (Phi) is 6.63. The molecule has 1 aliphatic rings. The van der Waals surface area contributed by atoms with Crippen LogP contribution in [-0.4, -0.2) is 52.7 Å². The SMILES string of the molecule is O=C(c1cncc(Br)c1)c1cccc(N2CCCN(C(=O)c3ccccc3Cl)CC2)n1. The molecule has 0 saturated carbocycles. The molecule has 0 spiro atoms. The average Bonchev–Trinajstić information content (AvgIpc) is 3.05. The monoisotopic (exact) mass is 498 g/mol. The fraction of sp³-hybridized carbons (Fsp3) is 0.217. The van der Waals surface area contributed by atoms with Crippen molar-refractivity contribution in [2.75, 3.05) is 31.1 Å². The zero-order valence-electron chi connectivity index (χ0n) is 16.7. The van der Waals surface area contributed by atoms with Crippen molar-refractivity contribution in [2.24, 2.45) is 0 Å². The normalized spacial score (nSPS) is 14.3. The maximum absolute atomic E-state index is 12.9. The second kappa shape index (κ2) is 9.58. The Morgan fingerprint density at radius 1 is 0.968 bits per heavy atom. The molecule has 0 N–H and O–H groups in total. The largest absolute Gasteiger partial charge is 0.355 e. The maximum atomic E-state index is 12.9. The van der Waals surface area contributed by atoms with E-state index < -0.39 is 0 Å². The van der Waals surface area contributed by atoms with Crippen molar-refractivity contribution in [2.45, 2.75) is 6.42 Å². The quantitative estimate of drug-likeness (QED) is 0.495. The number of aromatic nitrogens is 2. The number of hydrogen-bond donors (Lipinski definition) is 0. The van der Waals surface area contributed by atoms with Gasteiger partial charge in [0.05, 0.1) is 10.6 Å². The van der Waals surface area contributed by atoms with Crippen LogP contribution >= 0.6 is 27.5 Å². The first-order valence-corrected chi connectivity index (χ1v) is 11.1. The lowest BCUT2D eigenvalue weighted by Crippen LogP contribution is -2.35. The topological polar surface area (TPSA) is 66.4 Å². The van der Waals surface area contributed by atoms with Gasteiger partial charge in [-0.1, -0.05) is 29.8 Å². The van der Waals surface area contributed by atoms with Crippen LogP contribution in [0, 0.1) is 0 Å². The summed E-state index contributed by atoms with van der Waals surface area (Å²) in [5, 5.41) is 0.462. The lowest BCUT2D eigenvalue weighted by Gasteiger charge is -2.23. The molecule has 1 aliphatic heterocycles. The minimum Gasteiger partial charge on any atom is -0.355 e. The molecule has 4 rings (SSSR count). The zero-order chi connectivity index (χ0) is 21.8. The predicted octanol–water partition coefficient (Wildman–Crippen LogP) is 4.48. The number of amides is 1. The molecule has 0 unspecified atom stereocenters. The fourth-order valence-electron chi connectivity index (χ4n) is 3.56. The van der Waals surface area contributed by atoms with Crippen molar-refractivity contribution in [3.63, 3.8) is 0 Å². The van der Waals surface area contributed by atoms with Crippen molar-refractivity contribution in [3.05, 3.63) is 87.2 Å². The van der Waals surface area contributed by atoms with E-state index in [9.17, 15) is 9.59 Å². The molecular weight excluding hydrogens is 480 g/mol. The van der Waals surface area contributed by atoms with E-state index in [0.29, 0.717) is 41.5 Å². The molecule has 31 heavy (non-hydrogen) atoms. The van der Waals surface area contributed by atoms with Crippen LogP contribution in [0.1, 0.15) is 32.8 Å². The molecule has 3 heterocycles. The Labute approximate surface area is 194 Å². The minimum absolute atomic E-state index is 0.0634. The average molecular weight is 500 g/mol. The van der Waals surface area contributed by atoms with Crippen molar-refractivity contribution in [3.8, 4) is 0 Å². The molecular formula is C23H20BrClN4O2. The van der Waals surface area contributed by atoms with E-state index in [1.54, 1.807) is 30.5 Å². The molecule has 6 nitrogen and oxygen atoms in total. The van der Waals surface area contributed by atoms with Gasteiger partial charge >= 0.3 is 0 Å². The Morgan fingerprint density at radius 2 is 1.81 bits per heavy atom. The molecule has 0 radical (unpaired) electrons. The molecule has 1 fully saturated rings. The first kappa shape index (κ1) is 21.5. The molecule has 2 aromatic heterocycles. The highest BCUT2D eigenvalue weighted by Crippen LogP contribution is 2.21. The summed E-state index contributed by atoms with van der Waals surface area (Å²) >= 11 is 9.55. The van der Waals surface area contributed by atoms with Crippen LogP contribution in [0.2, 0.25) is 5.02 Å². The molecule has 1 aromatic carbocycles.